The minimum atomic E-state index is -1.28. The second kappa shape index (κ2) is 4.93. The van der Waals surface area contributed by atoms with Crippen LogP contribution >= 0.6 is 0 Å². The summed E-state index contributed by atoms with van der Waals surface area (Å²) in [6.45, 7) is 1.49. The molecule has 0 saturated heterocycles. The molecule has 0 aliphatic rings. The van der Waals surface area contributed by atoms with Gasteiger partial charge in [-0.05, 0) is 31.2 Å². The molecule has 0 bridgehead atoms. The number of aromatic nitrogens is 2. The molecule has 98 valence electrons. The van der Waals surface area contributed by atoms with Crippen molar-refractivity contribution in [2.45, 2.75) is 6.92 Å². The van der Waals surface area contributed by atoms with Crippen molar-refractivity contribution < 1.29 is 14.6 Å². The van der Waals surface area contributed by atoms with E-state index >= 15 is 0 Å². The van der Waals surface area contributed by atoms with E-state index in [0.29, 0.717) is 17.1 Å². The number of aromatic amines is 1. The van der Waals surface area contributed by atoms with Gasteiger partial charge in [-0.3, -0.25) is 4.79 Å². The van der Waals surface area contributed by atoms with E-state index in [1.807, 2.05) is 0 Å². The third kappa shape index (κ3) is 2.47. The highest BCUT2D eigenvalue weighted by Crippen LogP contribution is 2.18. The number of rotatable bonds is 3. The van der Waals surface area contributed by atoms with Crippen molar-refractivity contribution >= 4 is 5.97 Å². The lowest BCUT2D eigenvalue weighted by molar-refractivity contribution is 0.0693. The Morgan fingerprint density at radius 3 is 2.42 bits per heavy atom. The first-order chi connectivity index (χ1) is 9.02. The topological polar surface area (TPSA) is 92.3 Å². The van der Waals surface area contributed by atoms with E-state index < -0.39 is 11.5 Å². The maximum absolute atomic E-state index is 11.7. The maximum Gasteiger partial charge on any atom is 0.343 e. The normalized spacial score (nSPS) is 10.2. The van der Waals surface area contributed by atoms with E-state index in [9.17, 15) is 9.59 Å². The molecule has 6 heteroatoms. The van der Waals surface area contributed by atoms with Gasteiger partial charge in [-0.25, -0.2) is 9.78 Å². The van der Waals surface area contributed by atoms with E-state index in [4.69, 9.17) is 9.84 Å². The summed E-state index contributed by atoms with van der Waals surface area (Å²) in [6, 6.07) is 6.93. The van der Waals surface area contributed by atoms with Crippen molar-refractivity contribution in [3.63, 3.8) is 0 Å². The van der Waals surface area contributed by atoms with Crippen molar-refractivity contribution in [1.82, 2.24) is 9.97 Å². The first-order valence-corrected chi connectivity index (χ1v) is 5.51. The van der Waals surface area contributed by atoms with Gasteiger partial charge in [-0.1, -0.05) is 0 Å². The molecule has 0 aliphatic carbocycles. The number of carbonyl (C=O) groups is 1. The Bertz CT molecular complexity index is 674. The summed E-state index contributed by atoms with van der Waals surface area (Å²) in [7, 11) is 1.56. The number of ether oxygens (including phenoxy) is 1. The number of carboxylic acid groups (broad SMARTS) is 1. The third-order valence-corrected chi connectivity index (χ3v) is 2.68. The molecular weight excluding hydrogens is 248 g/mol. The van der Waals surface area contributed by atoms with E-state index in [0.717, 1.165) is 0 Å². The summed E-state index contributed by atoms with van der Waals surface area (Å²) in [4.78, 5) is 29.2. The third-order valence-electron chi connectivity index (χ3n) is 2.68. The highest BCUT2D eigenvalue weighted by Gasteiger charge is 2.15. The highest BCUT2D eigenvalue weighted by molar-refractivity contribution is 5.88. The molecular formula is C13H12N2O4. The Hall–Kier alpha value is -2.63. The number of hydrogen-bond acceptors (Lipinski definition) is 4. The molecule has 2 aromatic rings. The van der Waals surface area contributed by atoms with Crippen LogP contribution in [-0.4, -0.2) is 28.2 Å². The fraction of sp³-hybridized carbons (Fsp3) is 0.154. The van der Waals surface area contributed by atoms with Crippen molar-refractivity contribution in [3.8, 4) is 17.1 Å². The van der Waals surface area contributed by atoms with Crippen LogP contribution in [0.15, 0.2) is 29.1 Å². The standard InChI is InChI=1S/C13H12N2O4/c1-7-10(13(17)18)12(16)15-11(14-7)8-3-5-9(19-2)6-4-8/h3-6H,1-2H3,(H,17,18)(H,14,15,16). The predicted molar refractivity (Wildman–Crippen MR) is 68.5 cm³/mol. The van der Waals surface area contributed by atoms with Gasteiger partial charge in [-0.2, -0.15) is 0 Å². The first-order valence-electron chi connectivity index (χ1n) is 5.51. The second-order valence-electron chi connectivity index (χ2n) is 3.91. The molecule has 0 spiro atoms. The number of hydrogen-bond donors (Lipinski definition) is 2. The quantitative estimate of drug-likeness (QED) is 0.871. The van der Waals surface area contributed by atoms with E-state index in [-0.39, 0.29) is 11.3 Å². The molecule has 6 nitrogen and oxygen atoms in total. The summed E-state index contributed by atoms with van der Waals surface area (Å²) in [5.41, 5.74) is -0.136. The van der Waals surface area contributed by atoms with Gasteiger partial charge < -0.3 is 14.8 Å². The average Bonchev–Trinajstić information content (AvgIpc) is 2.37. The maximum atomic E-state index is 11.7. The Morgan fingerprint density at radius 2 is 1.95 bits per heavy atom. The van der Waals surface area contributed by atoms with Crippen LogP contribution in [0.2, 0.25) is 0 Å². The SMILES string of the molecule is COc1ccc(-c2nc(C)c(C(=O)O)c(=O)[nH]2)cc1. The lowest BCUT2D eigenvalue weighted by atomic mass is 10.2. The molecule has 1 aromatic heterocycles. The van der Waals surface area contributed by atoms with Gasteiger partial charge in [0.2, 0.25) is 0 Å². The summed E-state index contributed by atoms with van der Waals surface area (Å²) in [6.07, 6.45) is 0. The number of nitrogens with one attached hydrogen (secondary N) is 1. The number of carboxylic acids is 1. The van der Waals surface area contributed by atoms with Crippen molar-refractivity contribution in [2.24, 2.45) is 0 Å². The van der Waals surface area contributed by atoms with Crippen LogP contribution in [0.3, 0.4) is 0 Å². The van der Waals surface area contributed by atoms with Crippen molar-refractivity contribution in [1.29, 1.82) is 0 Å². The smallest absolute Gasteiger partial charge is 0.343 e. The Balaban J connectivity index is 2.52. The molecule has 0 fully saturated rings. The monoisotopic (exact) mass is 260 g/mol. The van der Waals surface area contributed by atoms with Gasteiger partial charge in [0.15, 0.2) is 0 Å². The molecule has 0 aliphatic heterocycles. The van der Waals surface area contributed by atoms with Crippen LogP contribution < -0.4 is 10.3 Å². The van der Waals surface area contributed by atoms with Crippen molar-refractivity contribution in [3.05, 3.63) is 45.9 Å². The fourth-order valence-electron chi connectivity index (χ4n) is 1.72. The Kier molecular flexibility index (Phi) is 3.33. The molecule has 0 saturated carbocycles. The molecule has 0 unspecified atom stereocenters. The van der Waals surface area contributed by atoms with Gasteiger partial charge >= 0.3 is 5.97 Å². The molecule has 0 amide bonds. The summed E-state index contributed by atoms with van der Waals surface area (Å²) in [5, 5.41) is 8.90. The average molecular weight is 260 g/mol. The van der Waals surface area contributed by atoms with Crippen LogP contribution in [0.1, 0.15) is 16.1 Å². The van der Waals surface area contributed by atoms with Gasteiger partial charge in [0.05, 0.1) is 12.8 Å². The van der Waals surface area contributed by atoms with Gasteiger partial charge in [0.1, 0.15) is 17.1 Å². The second-order valence-corrected chi connectivity index (χ2v) is 3.91. The van der Waals surface area contributed by atoms with Crippen molar-refractivity contribution in [2.75, 3.05) is 7.11 Å². The number of methoxy groups -OCH3 is 1. The number of nitrogens with zero attached hydrogens (tertiary/aromatic N) is 1. The highest BCUT2D eigenvalue weighted by atomic mass is 16.5. The van der Waals surface area contributed by atoms with Crippen LogP contribution in [0.4, 0.5) is 0 Å². The Morgan fingerprint density at radius 1 is 1.32 bits per heavy atom. The molecule has 0 atom stereocenters. The van der Waals surface area contributed by atoms with Gasteiger partial charge in [0.25, 0.3) is 5.56 Å². The van der Waals surface area contributed by atoms with Gasteiger partial charge in [-0.15, -0.1) is 0 Å². The lowest BCUT2D eigenvalue weighted by Crippen LogP contribution is -2.21. The first kappa shape index (κ1) is 12.8. The zero-order chi connectivity index (χ0) is 14.0. The molecule has 1 aromatic carbocycles. The van der Waals surface area contributed by atoms with Crippen LogP contribution in [0.25, 0.3) is 11.4 Å². The number of aromatic carboxylic acids is 1. The number of benzene rings is 1. The zero-order valence-electron chi connectivity index (χ0n) is 10.4. The molecule has 1 heterocycles. The minimum Gasteiger partial charge on any atom is -0.497 e. The molecule has 2 N–H and O–H groups in total. The van der Waals surface area contributed by atoms with Crippen LogP contribution in [-0.2, 0) is 0 Å². The van der Waals surface area contributed by atoms with E-state index in [1.54, 1.807) is 31.4 Å². The minimum absolute atomic E-state index is 0.182. The number of aryl methyl sites for hydroxylation is 1. The van der Waals surface area contributed by atoms with E-state index in [1.165, 1.54) is 6.92 Å². The summed E-state index contributed by atoms with van der Waals surface area (Å²) in [5.74, 6) is -0.271. The van der Waals surface area contributed by atoms with Crippen LogP contribution in [0.5, 0.6) is 5.75 Å². The summed E-state index contributed by atoms with van der Waals surface area (Å²) >= 11 is 0. The van der Waals surface area contributed by atoms with E-state index in [2.05, 4.69) is 9.97 Å². The zero-order valence-corrected chi connectivity index (χ0v) is 10.4. The molecule has 2 rings (SSSR count). The Labute approximate surface area is 108 Å². The molecule has 0 radical (unpaired) electrons. The lowest BCUT2D eigenvalue weighted by Gasteiger charge is -2.05. The summed E-state index contributed by atoms with van der Waals surface area (Å²) < 4.78 is 5.03. The van der Waals surface area contributed by atoms with Crippen LogP contribution in [0, 0.1) is 6.92 Å². The predicted octanol–water partition coefficient (Wildman–Crippen LogP) is 1.45. The fourth-order valence-corrected chi connectivity index (χ4v) is 1.72. The van der Waals surface area contributed by atoms with Gasteiger partial charge in [0, 0.05) is 5.56 Å². The number of H-pyrrole nitrogens is 1. The largest absolute Gasteiger partial charge is 0.497 e. The molecule has 19 heavy (non-hydrogen) atoms.